The predicted octanol–water partition coefficient (Wildman–Crippen LogP) is 4.44. The van der Waals surface area contributed by atoms with Gasteiger partial charge in [-0.25, -0.2) is 4.98 Å². The van der Waals surface area contributed by atoms with Gasteiger partial charge in [-0.3, -0.25) is 0 Å². The summed E-state index contributed by atoms with van der Waals surface area (Å²) in [6.07, 6.45) is 2.99. The van der Waals surface area contributed by atoms with Crippen molar-refractivity contribution in [3.05, 3.63) is 52.1 Å². The predicted molar refractivity (Wildman–Crippen MR) is 85.2 cm³/mol. The summed E-state index contributed by atoms with van der Waals surface area (Å²) in [6, 6.07) is 9.91. The van der Waals surface area contributed by atoms with Gasteiger partial charge in [0.1, 0.15) is 5.75 Å². The fraction of sp³-hybridized carbons (Fsp3) is 0.312. The fourth-order valence-electron chi connectivity index (χ4n) is 1.78. The number of ether oxygens (including phenoxy) is 1. The Labute approximate surface area is 128 Å². The molecular formula is C16H19BrN2O. The van der Waals surface area contributed by atoms with E-state index in [0.29, 0.717) is 5.88 Å². The Balaban J connectivity index is 2.01. The number of hydrogen-bond donors (Lipinski definition) is 1. The van der Waals surface area contributed by atoms with Gasteiger partial charge in [-0.05, 0) is 43.1 Å². The second-order valence-corrected chi connectivity index (χ2v) is 5.61. The number of nitrogens with one attached hydrogen (secondary N) is 1. The molecule has 0 unspecified atom stereocenters. The molecule has 1 heterocycles. The molecule has 2 aromatic rings. The first-order valence-electron chi connectivity index (χ1n) is 6.78. The Bertz CT molecular complexity index is 555. The number of nitrogens with zero attached hydrogens (tertiary/aromatic N) is 1. The van der Waals surface area contributed by atoms with E-state index in [1.807, 2.05) is 43.5 Å². The van der Waals surface area contributed by atoms with Gasteiger partial charge in [0.15, 0.2) is 0 Å². The molecule has 0 aliphatic carbocycles. The highest BCUT2D eigenvalue weighted by molar-refractivity contribution is 9.10. The maximum atomic E-state index is 5.81. The third kappa shape index (κ3) is 4.32. The zero-order chi connectivity index (χ0) is 14.4. The highest BCUT2D eigenvalue weighted by atomic mass is 79.9. The molecule has 4 heteroatoms. The van der Waals surface area contributed by atoms with Crippen LogP contribution in [0.5, 0.6) is 11.6 Å². The van der Waals surface area contributed by atoms with E-state index < -0.39 is 0 Å². The number of hydrogen-bond acceptors (Lipinski definition) is 3. The Morgan fingerprint density at radius 1 is 1.25 bits per heavy atom. The molecule has 1 aromatic carbocycles. The monoisotopic (exact) mass is 334 g/mol. The maximum absolute atomic E-state index is 5.81. The number of benzene rings is 1. The van der Waals surface area contributed by atoms with Gasteiger partial charge < -0.3 is 10.1 Å². The number of pyridine rings is 1. The zero-order valence-corrected chi connectivity index (χ0v) is 13.4. The van der Waals surface area contributed by atoms with Crippen LogP contribution in [0, 0.1) is 6.92 Å². The fourth-order valence-corrected chi connectivity index (χ4v) is 2.12. The molecule has 0 radical (unpaired) electrons. The summed E-state index contributed by atoms with van der Waals surface area (Å²) in [6.45, 7) is 6.04. The summed E-state index contributed by atoms with van der Waals surface area (Å²) in [7, 11) is 0. The van der Waals surface area contributed by atoms with Crippen LogP contribution in [0.4, 0.5) is 0 Å². The molecule has 0 saturated carbocycles. The highest BCUT2D eigenvalue weighted by Crippen LogP contribution is 2.27. The summed E-state index contributed by atoms with van der Waals surface area (Å²) in [5.41, 5.74) is 2.25. The SMILES string of the molecule is CCCNCc1ccc(Oc2cc(Br)ccc2C)nc1. The summed E-state index contributed by atoms with van der Waals surface area (Å²) >= 11 is 3.45. The van der Waals surface area contributed by atoms with Crippen LogP contribution in [-0.4, -0.2) is 11.5 Å². The first-order chi connectivity index (χ1) is 9.69. The van der Waals surface area contributed by atoms with Crippen LogP contribution >= 0.6 is 15.9 Å². The van der Waals surface area contributed by atoms with E-state index >= 15 is 0 Å². The molecule has 0 atom stereocenters. The minimum absolute atomic E-state index is 0.616. The number of aryl methyl sites for hydroxylation is 1. The van der Waals surface area contributed by atoms with Crippen molar-refractivity contribution in [3.8, 4) is 11.6 Å². The maximum Gasteiger partial charge on any atom is 0.219 e. The molecular weight excluding hydrogens is 316 g/mol. The van der Waals surface area contributed by atoms with Gasteiger partial charge in [-0.15, -0.1) is 0 Å². The van der Waals surface area contributed by atoms with Crippen LogP contribution in [0.1, 0.15) is 24.5 Å². The Kier molecular flexibility index (Phi) is 5.56. The highest BCUT2D eigenvalue weighted by Gasteiger charge is 2.03. The smallest absolute Gasteiger partial charge is 0.219 e. The topological polar surface area (TPSA) is 34.1 Å². The number of aromatic nitrogens is 1. The van der Waals surface area contributed by atoms with E-state index in [-0.39, 0.29) is 0 Å². The number of halogens is 1. The van der Waals surface area contributed by atoms with Crippen LogP contribution in [-0.2, 0) is 6.54 Å². The Morgan fingerprint density at radius 3 is 2.80 bits per heavy atom. The molecule has 20 heavy (non-hydrogen) atoms. The molecule has 1 aromatic heterocycles. The summed E-state index contributed by atoms with van der Waals surface area (Å²) in [5.74, 6) is 1.44. The minimum atomic E-state index is 0.616. The van der Waals surface area contributed by atoms with Gasteiger partial charge in [-0.1, -0.05) is 35.0 Å². The molecule has 0 amide bonds. The molecule has 1 N–H and O–H groups in total. The van der Waals surface area contributed by atoms with E-state index in [0.717, 1.165) is 40.9 Å². The summed E-state index contributed by atoms with van der Waals surface area (Å²) in [4.78, 5) is 4.35. The molecule has 0 bridgehead atoms. The van der Waals surface area contributed by atoms with Gasteiger partial charge in [0.25, 0.3) is 0 Å². The van der Waals surface area contributed by atoms with Crippen molar-refractivity contribution in [1.82, 2.24) is 10.3 Å². The molecule has 0 spiro atoms. The van der Waals surface area contributed by atoms with Crippen LogP contribution in [0.2, 0.25) is 0 Å². The number of rotatable bonds is 6. The minimum Gasteiger partial charge on any atom is -0.439 e. The van der Waals surface area contributed by atoms with Crippen molar-refractivity contribution in [1.29, 1.82) is 0 Å². The second-order valence-electron chi connectivity index (χ2n) is 4.69. The van der Waals surface area contributed by atoms with Crippen molar-refractivity contribution < 1.29 is 4.74 Å². The standard InChI is InChI=1S/C16H19BrN2O/c1-3-8-18-10-13-5-7-16(19-11-13)20-15-9-14(17)6-4-12(15)2/h4-7,9,11,18H,3,8,10H2,1-2H3. The van der Waals surface area contributed by atoms with E-state index in [1.54, 1.807) is 0 Å². The van der Waals surface area contributed by atoms with Gasteiger partial charge in [-0.2, -0.15) is 0 Å². The van der Waals surface area contributed by atoms with Gasteiger partial charge in [0, 0.05) is 23.3 Å². The van der Waals surface area contributed by atoms with Crippen LogP contribution in [0.25, 0.3) is 0 Å². The van der Waals surface area contributed by atoms with E-state index in [1.165, 1.54) is 0 Å². The van der Waals surface area contributed by atoms with Crippen molar-refractivity contribution >= 4 is 15.9 Å². The van der Waals surface area contributed by atoms with Crippen molar-refractivity contribution in [2.75, 3.05) is 6.54 Å². The van der Waals surface area contributed by atoms with Crippen molar-refractivity contribution in [2.24, 2.45) is 0 Å². The quantitative estimate of drug-likeness (QED) is 0.792. The molecule has 0 fully saturated rings. The first kappa shape index (κ1) is 15.0. The van der Waals surface area contributed by atoms with Gasteiger partial charge in [0.2, 0.25) is 5.88 Å². The summed E-state index contributed by atoms with van der Waals surface area (Å²) < 4.78 is 6.81. The lowest BCUT2D eigenvalue weighted by Crippen LogP contribution is -2.13. The normalized spacial score (nSPS) is 10.6. The molecule has 106 valence electrons. The van der Waals surface area contributed by atoms with Crippen LogP contribution < -0.4 is 10.1 Å². The summed E-state index contributed by atoms with van der Waals surface area (Å²) in [5, 5.41) is 3.35. The van der Waals surface area contributed by atoms with E-state index in [9.17, 15) is 0 Å². The van der Waals surface area contributed by atoms with E-state index in [2.05, 4.69) is 33.2 Å². The average Bonchev–Trinajstić information content (AvgIpc) is 2.45. The van der Waals surface area contributed by atoms with Gasteiger partial charge in [0.05, 0.1) is 0 Å². The van der Waals surface area contributed by atoms with E-state index in [4.69, 9.17) is 4.74 Å². The Morgan fingerprint density at radius 2 is 2.10 bits per heavy atom. The largest absolute Gasteiger partial charge is 0.439 e. The average molecular weight is 335 g/mol. The van der Waals surface area contributed by atoms with Crippen LogP contribution in [0.15, 0.2) is 41.0 Å². The van der Waals surface area contributed by atoms with Crippen molar-refractivity contribution in [3.63, 3.8) is 0 Å². The first-order valence-corrected chi connectivity index (χ1v) is 7.58. The third-order valence-corrected chi connectivity index (χ3v) is 3.41. The third-order valence-electron chi connectivity index (χ3n) is 2.92. The van der Waals surface area contributed by atoms with Crippen molar-refractivity contribution in [2.45, 2.75) is 26.8 Å². The molecule has 0 saturated heterocycles. The molecule has 0 aliphatic rings. The van der Waals surface area contributed by atoms with Crippen LogP contribution in [0.3, 0.4) is 0 Å². The Hall–Kier alpha value is -1.39. The lowest BCUT2D eigenvalue weighted by molar-refractivity contribution is 0.458. The molecule has 2 rings (SSSR count). The second kappa shape index (κ2) is 7.41. The van der Waals surface area contributed by atoms with Gasteiger partial charge >= 0.3 is 0 Å². The molecule has 0 aliphatic heterocycles. The zero-order valence-electron chi connectivity index (χ0n) is 11.8. The molecule has 3 nitrogen and oxygen atoms in total. The lowest BCUT2D eigenvalue weighted by atomic mass is 10.2. The lowest BCUT2D eigenvalue weighted by Gasteiger charge is -2.09.